The van der Waals surface area contributed by atoms with Gasteiger partial charge in [0.2, 0.25) is 0 Å². The van der Waals surface area contributed by atoms with Crippen molar-refractivity contribution < 1.29 is 26.6 Å². The van der Waals surface area contributed by atoms with Gasteiger partial charge in [0, 0.05) is 0 Å². The van der Waals surface area contributed by atoms with Gasteiger partial charge in [-0.2, -0.15) is 0 Å². The minimum atomic E-state index is -0.833. The van der Waals surface area contributed by atoms with Gasteiger partial charge in [0.15, 0.2) is 0 Å². The van der Waals surface area contributed by atoms with Gasteiger partial charge in [-0.25, -0.2) is 4.57 Å². The van der Waals surface area contributed by atoms with Gasteiger partial charge in [-0.3, -0.25) is 0 Å². The van der Waals surface area contributed by atoms with E-state index >= 15 is 0 Å². The zero-order chi connectivity index (χ0) is 6.83. The molecule has 0 aliphatic carbocycles. The molecule has 0 amide bonds. The summed E-state index contributed by atoms with van der Waals surface area (Å²) in [6.07, 6.45) is 0. The third-order valence-electron chi connectivity index (χ3n) is 0.333. The van der Waals surface area contributed by atoms with Gasteiger partial charge in [0.1, 0.15) is 0 Å². The molecule has 0 aromatic carbocycles. The maximum absolute atomic E-state index is 8.46. The van der Waals surface area contributed by atoms with Gasteiger partial charge in [0.05, 0.1) is 0 Å². The van der Waals surface area contributed by atoms with Crippen LogP contribution in [0.25, 0.3) is 0 Å². The average molecular weight is 183 g/mol. The summed E-state index contributed by atoms with van der Waals surface area (Å²) in [5.74, 6) is 0. The smallest absolute Gasteiger partial charge is 0.310 e. The summed E-state index contributed by atoms with van der Waals surface area (Å²) >= 11 is -0.375. The third-order valence-corrected chi connectivity index (χ3v) is 1.73. The fourth-order valence-electron chi connectivity index (χ4n) is 0.118. The molecule has 8 heavy (non-hydrogen) atoms. The van der Waals surface area contributed by atoms with Gasteiger partial charge >= 0.3 is 48.3 Å². The van der Waals surface area contributed by atoms with Crippen molar-refractivity contribution >= 4 is 8.69 Å². The van der Waals surface area contributed by atoms with Crippen molar-refractivity contribution in [1.82, 2.24) is 0 Å². The molecule has 0 aromatic heterocycles. The Balaban J connectivity index is 0. The molecule has 0 aliphatic rings. The van der Waals surface area contributed by atoms with Crippen LogP contribution in [0.15, 0.2) is 22.5 Å². The second kappa shape index (κ2) is 15.7. The monoisotopic (exact) mass is 182 g/mol. The van der Waals surface area contributed by atoms with Crippen LogP contribution in [-0.4, -0.2) is 4.89 Å². The van der Waals surface area contributed by atoms with E-state index in [1.54, 1.807) is 0 Å². The Bertz CT molecular complexity index is 68.4. The Morgan fingerprint density at radius 2 is 1.75 bits per heavy atom. The predicted molar refractivity (Wildman–Crippen MR) is 30.2 cm³/mol. The molecule has 0 rings (SSSR count). The Labute approximate surface area is 58.2 Å². The molecule has 0 bridgehead atoms. The zero-order valence-electron chi connectivity index (χ0n) is 4.58. The summed E-state index contributed by atoms with van der Waals surface area (Å²) in [5, 5.41) is 0. The Hall–Kier alpha value is 0.163. The van der Waals surface area contributed by atoms with Crippen LogP contribution in [0.3, 0.4) is 0 Å². The maximum atomic E-state index is 8.46. The fraction of sp³-hybridized carbons (Fsp3) is 0. The fourth-order valence-corrected chi connectivity index (χ4v) is 0.612. The standard InChI is InChI=1S/2C2H3.HO2P.Zn/c2*1-2;1-3-2;/h2*1H,2H2;(H,1,2);. The van der Waals surface area contributed by atoms with Gasteiger partial charge in [0.25, 0.3) is 0 Å². The number of hydrogen-bond donors (Lipinski definition) is 1. The molecule has 0 aromatic rings. The molecule has 0 spiro atoms. The van der Waals surface area contributed by atoms with Crippen LogP contribution < -0.4 is 0 Å². The third kappa shape index (κ3) is 35.1. The molecule has 0 unspecified atom stereocenters. The quantitative estimate of drug-likeness (QED) is 0.521. The van der Waals surface area contributed by atoms with Crippen molar-refractivity contribution in [1.29, 1.82) is 0 Å². The predicted octanol–water partition coefficient (Wildman–Crippen LogP) is 1.54. The first-order valence-electron chi connectivity index (χ1n) is 2.02. The minimum absolute atomic E-state index is 0.375. The van der Waals surface area contributed by atoms with Crippen LogP contribution in [-0.2, 0) is 21.7 Å². The van der Waals surface area contributed by atoms with Crippen LogP contribution in [0.4, 0.5) is 0 Å². The molecule has 2 nitrogen and oxygen atoms in total. The number of hydrogen-bond acceptors (Lipinski definition) is 1. The van der Waals surface area contributed by atoms with Crippen molar-refractivity contribution in [3.8, 4) is 0 Å². The second-order valence-electron chi connectivity index (χ2n) is 0.895. The number of rotatable bonds is 2. The van der Waals surface area contributed by atoms with Crippen molar-refractivity contribution in [2.75, 3.05) is 0 Å². The summed E-state index contributed by atoms with van der Waals surface area (Å²) in [6.45, 7) is 7.12. The Morgan fingerprint density at radius 3 is 1.75 bits per heavy atom. The SMILES string of the molecule is C=[CH][Zn][CH]=C.O=PO. The van der Waals surface area contributed by atoms with Crippen LogP contribution in [0.5, 0.6) is 0 Å². The summed E-state index contributed by atoms with van der Waals surface area (Å²) in [7, 11) is -0.833. The summed E-state index contributed by atoms with van der Waals surface area (Å²) < 4.78 is 12.5. The molecule has 0 radical (unpaired) electrons. The van der Waals surface area contributed by atoms with E-state index < -0.39 is 8.69 Å². The zero-order valence-corrected chi connectivity index (χ0v) is 8.44. The molecule has 0 atom stereocenters. The Kier molecular flexibility index (Phi) is 21.6. The van der Waals surface area contributed by atoms with Crippen LogP contribution >= 0.6 is 8.69 Å². The molecule has 0 saturated heterocycles. The normalized spacial score (nSPS) is 5.62. The van der Waals surface area contributed by atoms with Crippen LogP contribution in [0.2, 0.25) is 0 Å². The van der Waals surface area contributed by atoms with E-state index in [0.717, 1.165) is 0 Å². The first kappa shape index (κ1) is 11.0. The van der Waals surface area contributed by atoms with Crippen molar-refractivity contribution in [2.45, 2.75) is 0 Å². The second-order valence-corrected chi connectivity index (χ2v) is 4.47. The van der Waals surface area contributed by atoms with E-state index in [4.69, 9.17) is 9.46 Å². The van der Waals surface area contributed by atoms with E-state index in [9.17, 15) is 0 Å². The molecule has 42 valence electrons. The van der Waals surface area contributed by atoms with E-state index in [-0.39, 0.29) is 17.1 Å². The largest absolute Gasteiger partial charge is 0.324 e. The molecule has 1 N–H and O–H groups in total. The van der Waals surface area contributed by atoms with Gasteiger partial charge in [-0.05, 0) is 0 Å². The first-order valence-corrected chi connectivity index (χ1v) is 6.21. The molecular weight excluding hydrogens is 176 g/mol. The van der Waals surface area contributed by atoms with Gasteiger partial charge in [-0.15, -0.1) is 0 Å². The van der Waals surface area contributed by atoms with Crippen molar-refractivity contribution in [3.63, 3.8) is 0 Å². The van der Waals surface area contributed by atoms with E-state index in [1.807, 2.05) is 9.34 Å². The van der Waals surface area contributed by atoms with Gasteiger partial charge in [-0.1, -0.05) is 0 Å². The molecule has 0 aliphatic heterocycles. The van der Waals surface area contributed by atoms with E-state index in [2.05, 4.69) is 13.2 Å². The topological polar surface area (TPSA) is 37.3 Å². The van der Waals surface area contributed by atoms with Crippen LogP contribution in [0, 0.1) is 0 Å². The molecule has 0 saturated carbocycles. The molecule has 4 heteroatoms. The molecular formula is C4H7O2PZn. The molecule has 0 fully saturated rings. The summed E-state index contributed by atoms with van der Waals surface area (Å²) in [6, 6.07) is 0. The first-order chi connectivity index (χ1) is 3.83. The minimum Gasteiger partial charge on any atom is -0.310 e. The van der Waals surface area contributed by atoms with Gasteiger partial charge < -0.3 is 4.89 Å². The summed E-state index contributed by atoms with van der Waals surface area (Å²) in [4.78, 5) is 6.99. The van der Waals surface area contributed by atoms with Crippen molar-refractivity contribution in [2.24, 2.45) is 0 Å². The van der Waals surface area contributed by atoms with Crippen LogP contribution in [0.1, 0.15) is 0 Å². The maximum Gasteiger partial charge on any atom is 0.324 e. The van der Waals surface area contributed by atoms with E-state index in [1.165, 1.54) is 0 Å². The summed E-state index contributed by atoms with van der Waals surface area (Å²) in [5.41, 5.74) is 0. The van der Waals surface area contributed by atoms with E-state index in [0.29, 0.717) is 0 Å². The molecule has 0 heterocycles. The average Bonchev–Trinajstić information content (AvgIpc) is 1.71. The Morgan fingerprint density at radius 1 is 1.50 bits per heavy atom. The van der Waals surface area contributed by atoms with Crippen molar-refractivity contribution in [3.05, 3.63) is 22.5 Å².